The van der Waals surface area contributed by atoms with Gasteiger partial charge in [-0.3, -0.25) is 0 Å². The lowest BCUT2D eigenvalue weighted by Crippen LogP contribution is -2.36. The highest BCUT2D eigenvalue weighted by molar-refractivity contribution is 7.13. The number of hydrogen-bond donors (Lipinski definition) is 1. The molecule has 30 heavy (non-hydrogen) atoms. The third-order valence-electron chi connectivity index (χ3n) is 5.17. The predicted octanol–water partition coefficient (Wildman–Crippen LogP) is 4.95. The first-order valence-corrected chi connectivity index (χ1v) is 10.8. The Morgan fingerprint density at radius 3 is 2.80 bits per heavy atom. The summed E-state index contributed by atoms with van der Waals surface area (Å²) >= 11 is 1.73. The number of benzene rings is 2. The van der Waals surface area contributed by atoms with Gasteiger partial charge in [-0.25, -0.2) is 9.97 Å². The van der Waals surface area contributed by atoms with E-state index in [1.165, 1.54) is 10.4 Å². The summed E-state index contributed by atoms with van der Waals surface area (Å²) in [5.41, 5.74) is 4.06. The van der Waals surface area contributed by atoms with Gasteiger partial charge in [0, 0.05) is 41.3 Å². The number of nitrogens with zero attached hydrogens (tertiary/aromatic N) is 3. The minimum atomic E-state index is 0.563. The molecular weight excluding hydrogens is 396 g/mol. The Morgan fingerprint density at radius 2 is 2.00 bits per heavy atom. The summed E-state index contributed by atoms with van der Waals surface area (Å²) in [5, 5.41) is 6.40. The van der Waals surface area contributed by atoms with E-state index in [9.17, 15) is 0 Å². The molecule has 6 nitrogen and oxygen atoms in total. The zero-order valence-electron chi connectivity index (χ0n) is 16.7. The number of hydrogen-bond acceptors (Lipinski definition) is 7. The van der Waals surface area contributed by atoms with Gasteiger partial charge in [0.15, 0.2) is 0 Å². The van der Waals surface area contributed by atoms with Crippen molar-refractivity contribution in [3.8, 4) is 16.2 Å². The molecule has 2 aromatic heterocycles. The van der Waals surface area contributed by atoms with E-state index in [0.717, 1.165) is 54.3 Å². The molecule has 1 N–H and O–H groups in total. The van der Waals surface area contributed by atoms with Crippen molar-refractivity contribution in [1.82, 2.24) is 9.97 Å². The van der Waals surface area contributed by atoms with Gasteiger partial charge in [-0.05, 0) is 41.3 Å². The van der Waals surface area contributed by atoms with Gasteiger partial charge in [-0.2, -0.15) is 0 Å². The number of ether oxygens (including phenoxy) is 2. The minimum absolute atomic E-state index is 0.563. The number of morpholine rings is 1. The molecule has 1 fully saturated rings. The van der Waals surface area contributed by atoms with Crippen molar-refractivity contribution >= 4 is 39.6 Å². The lowest BCUT2D eigenvalue weighted by atomic mass is 10.1. The van der Waals surface area contributed by atoms with E-state index < -0.39 is 0 Å². The number of thiophene rings is 1. The number of nitrogens with one attached hydrogen (secondary N) is 1. The van der Waals surface area contributed by atoms with E-state index in [1.807, 2.05) is 24.4 Å². The van der Waals surface area contributed by atoms with Crippen LogP contribution in [0.25, 0.3) is 21.3 Å². The number of anilines is 3. The smallest absolute Gasteiger partial charge is 0.227 e. The van der Waals surface area contributed by atoms with Crippen molar-refractivity contribution in [1.29, 1.82) is 0 Å². The van der Waals surface area contributed by atoms with Gasteiger partial charge in [-0.15, -0.1) is 11.3 Å². The molecule has 1 aliphatic rings. The topological polar surface area (TPSA) is 59.5 Å². The molecule has 0 amide bonds. The molecule has 0 bridgehead atoms. The first-order valence-electron chi connectivity index (χ1n) is 9.88. The van der Waals surface area contributed by atoms with Gasteiger partial charge < -0.3 is 19.7 Å². The Bertz CT molecular complexity index is 1160. The summed E-state index contributed by atoms with van der Waals surface area (Å²) in [7, 11) is 1.70. The average molecular weight is 419 g/mol. The fraction of sp³-hybridized carbons (Fsp3) is 0.217. The second-order valence-electron chi connectivity index (χ2n) is 7.06. The number of aromatic nitrogens is 2. The van der Waals surface area contributed by atoms with Crippen LogP contribution < -0.4 is 15.0 Å². The maximum Gasteiger partial charge on any atom is 0.227 e. The Hall–Kier alpha value is -3.16. The second-order valence-corrected chi connectivity index (χ2v) is 8.00. The molecule has 3 heterocycles. The van der Waals surface area contributed by atoms with Gasteiger partial charge in [0.1, 0.15) is 5.75 Å². The van der Waals surface area contributed by atoms with Crippen LogP contribution in [0.2, 0.25) is 0 Å². The van der Waals surface area contributed by atoms with Gasteiger partial charge in [-0.1, -0.05) is 12.1 Å². The van der Waals surface area contributed by atoms with Crippen LogP contribution in [-0.4, -0.2) is 43.4 Å². The standard InChI is InChI=1S/C23H22N4O2S/c1-28-21-14-18(5-7-20(21)27-8-10-29-11-9-27)25-23-24-15-17-13-16(4-6-19(17)26-23)22-3-2-12-30-22/h2-7,12-15H,8-11H2,1H3,(H,24,25,26). The highest BCUT2D eigenvalue weighted by Crippen LogP contribution is 2.33. The normalized spacial score (nSPS) is 14.1. The van der Waals surface area contributed by atoms with Gasteiger partial charge in [0.2, 0.25) is 5.95 Å². The molecule has 152 valence electrons. The van der Waals surface area contributed by atoms with E-state index in [-0.39, 0.29) is 0 Å². The van der Waals surface area contributed by atoms with Crippen molar-refractivity contribution < 1.29 is 9.47 Å². The highest BCUT2D eigenvalue weighted by atomic mass is 32.1. The molecule has 4 aromatic rings. The summed E-state index contributed by atoms with van der Waals surface area (Å²) in [4.78, 5) is 12.7. The van der Waals surface area contributed by atoms with Gasteiger partial charge >= 0.3 is 0 Å². The predicted molar refractivity (Wildman–Crippen MR) is 122 cm³/mol. The van der Waals surface area contributed by atoms with E-state index in [2.05, 4.69) is 55.9 Å². The SMILES string of the molecule is COc1cc(Nc2ncc3cc(-c4cccs4)ccc3n2)ccc1N1CCOCC1. The molecule has 0 spiro atoms. The first kappa shape index (κ1) is 18.8. The number of methoxy groups -OCH3 is 1. The van der Waals surface area contributed by atoms with E-state index >= 15 is 0 Å². The van der Waals surface area contributed by atoms with Crippen LogP contribution in [0.5, 0.6) is 5.75 Å². The Balaban J connectivity index is 1.38. The molecule has 1 saturated heterocycles. The van der Waals surface area contributed by atoms with Crippen LogP contribution >= 0.6 is 11.3 Å². The summed E-state index contributed by atoms with van der Waals surface area (Å²) in [6.07, 6.45) is 1.86. The van der Waals surface area contributed by atoms with Crippen LogP contribution in [0.1, 0.15) is 0 Å². The van der Waals surface area contributed by atoms with Crippen molar-refractivity contribution in [2.45, 2.75) is 0 Å². The Morgan fingerprint density at radius 1 is 1.10 bits per heavy atom. The third-order valence-corrected chi connectivity index (χ3v) is 6.09. The monoisotopic (exact) mass is 418 g/mol. The van der Waals surface area contributed by atoms with Gasteiger partial charge in [0.25, 0.3) is 0 Å². The molecule has 0 unspecified atom stereocenters. The van der Waals surface area contributed by atoms with Crippen LogP contribution in [0, 0.1) is 0 Å². The number of fused-ring (bicyclic) bond motifs is 1. The number of rotatable bonds is 5. The molecule has 1 aliphatic heterocycles. The van der Waals surface area contributed by atoms with Gasteiger partial charge in [0.05, 0.1) is 31.5 Å². The highest BCUT2D eigenvalue weighted by Gasteiger charge is 2.16. The van der Waals surface area contributed by atoms with Crippen molar-refractivity contribution in [3.63, 3.8) is 0 Å². The van der Waals surface area contributed by atoms with Crippen LogP contribution in [0.3, 0.4) is 0 Å². The first-order chi connectivity index (χ1) is 14.8. The maximum atomic E-state index is 5.63. The van der Waals surface area contributed by atoms with Crippen LogP contribution in [-0.2, 0) is 4.74 Å². The quantitative estimate of drug-likeness (QED) is 0.495. The van der Waals surface area contributed by atoms with Crippen LogP contribution in [0.4, 0.5) is 17.3 Å². The Labute approximate surface area is 179 Å². The molecule has 0 radical (unpaired) electrons. The zero-order chi connectivity index (χ0) is 20.3. The summed E-state index contributed by atoms with van der Waals surface area (Å²) in [6, 6.07) is 16.5. The van der Waals surface area contributed by atoms with Crippen molar-refractivity contribution in [2.75, 3.05) is 43.6 Å². The van der Waals surface area contributed by atoms with E-state index in [0.29, 0.717) is 5.95 Å². The fourth-order valence-corrected chi connectivity index (χ4v) is 4.36. The lowest BCUT2D eigenvalue weighted by Gasteiger charge is -2.30. The minimum Gasteiger partial charge on any atom is -0.495 e. The molecule has 7 heteroatoms. The molecule has 0 saturated carbocycles. The molecule has 2 aromatic carbocycles. The average Bonchev–Trinajstić information content (AvgIpc) is 3.34. The summed E-state index contributed by atoms with van der Waals surface area (Å²) in [5.74, 6) is 1.39. The molecule has 0 atom stereocenters. The van der Waals surface area contributed by atoms with Crippen molar-refractivity contribution in [2.24, 2.45) is 0 Å². The third kappa shape index (κ3) is 3.81. The fourth-order valence-electron chi connectivity index (χ4n) is 3.64. The summed E-state index contributed by atoms with van der Waals surface area (Å²) < 4.78 is 11.1. The summed E-state index contributed by atoms with van der Waals surface area (Å²) in [6.45, 7) is 3.21. The van der Waals surface area contributed by atoms with E-state index in [4.69, 9.17) is 9.47 Å². The second kappa shape index (κ2) is 8.30. The van der Waals surface area contributed by atoms with Crippen LogP contribution in [0.15, 0.2) is 60.1 Å². The zero-order valence-corrected chi connectivity index (χ0v) is 17.5. The molecular formula is C23H22N4O2S. The lowest BCUT2D eigenvalue weighted by molar-refractivity contribution is 0.122. The van der Waals surface area contributed by atoms with E-state index in [1.54, 1.807) is 18.4 Å². The van der Waals surface area contributed by atoms with Crippen molar-refractivity contribution in [3.05, 3.63) is 60.1 Å². The molecule has 5 rings (SSSR count). The Kier molecular flexibility index (Phi) is 5.21. The largest absolute Gasteiger partial charge is 0.495 e. The molecule has 0 aliphatic carbocycles. The maximum absolute atomic E-state index is 5.63.